The summed E-state index contributed by atoms with van der Waals surface area (Å²) in [6.45, 7) is 4.48. The Morgan fingerprint density at radius 1 is 1.21 bits per heavy atom. The molecule has 2 N–H and O–H groups in total. The number of rotatable bonds is 3. The van der Waals surface area contributed by atoms with Gasteiger partial charge in [0.25, 0.3) is 5.91 Å². The van der Waals surface area contributed by atoms with Gasteiger partial charge in [0.1, 0.15) is 0 Å². The minimum Gasteiger partial charge on any atom is -0.358 e. The number of aromatic amines is 1. The minimum atomic E-state index is -0.104. The first-order chi connectivity index (χ1) is 11.6. The summed E-state index contributed by atoms with van der Waals surface area (Å²) >= 11 is 0. The van der Waals surface area contributed by atoms with E-state index in [1.54, 1.807) is 16.9 Å². The zero-order valence-corrected chi connectivity index (χ0v) is 13.5. The summed E-state index contributed by atoms with van der Waals surface area (Å²) in [5, 5.41) is 8.26. The van der Waals surface area contributed by atoms with Crippen LogP contribution in [0.5, 0.6) is 0 Å². The first kappa shape index (κ1) is 14.4. The molecule has 4 rings (SSSR count). The monoisotopic (exact) mass is 319 g/mol. The van der Waals surface area contributed by atoms with E-state index < -0.39 is 0 Å². The molecule has 4 aromatic rings. The Bertz CT molecular complexity index is 1060. The van der Waals surface area contributed by atoms with Crippen molar-refractivity contribution in [2.75, 3.05) is 0 Å². The van der Waals surface area contributed by atoms with E-state index in [2.05, 4.69) is 27.3 Å². The van der Waals surface area contributed by atoms with Crippen molar-refractivity contribution in [3.63, 3.8) is 0 Å². The van der Waals surface area contributed by atoms with Crippen molar-refractivity contribution < 1.29 is 4.79 Å². The first-order valence-electron chi connectivity index (χ1n) is 7.78. The molecule has 24 heavy (non-hydrogen) atoms. The zero-order chi connectivity index (χ0) is 16.7. The van der Waals surface area contributed by atoms with Gasteiger partial charge in [-0.3, -0.25) is 4.79 Å². The Morgan fingerprint density at radius 2 is 2.08 bits per heavy atom. The number of amides is 1. The molecule has 1 amide bonds. The Kier molecular flexibility index (Phi) is 3.30. The second-order valence-electron chi connectivity index (χ2n) is 5.86. The fourth-order valence-corrected chi connectivity index (χ4v) is 2.89. The Balaban J connectivity index is 1.58. The van der Waals surface area contributed by atoms with Gasteiger partial charge in [0, 0.05) is 34.4 Å². The van der Waals surface area contributed by atoms with Gasteiger partial charge < -0.3 is 10.3 Å². The topological polar surface area (TPSA) is 75.1 Å². The van der Waals surface area contributed by atoms with Crippen LogP contribution in [0.25, 0.3) is 16.6 Å². The predicted octanol–water partition coefficient (Wildman–Crippen LogP) is 2.76. The number of hydrogen-bond donors (Lipinski definition) is 2. The SMILES string of the molecule is Cc1[nH]c2ccc(C(=O)NCc3ccnc4ccnn34)cc2c1C. The standard InChI is InChI=1S/C18H17N5O/c1-11-12(2)22-16-4-3-13(9-15(11)16)18(24)20-10-14-5-7-19-17-6-8-21-23(14)17/h3-9,22H,10H2,1-2H3,(H,20,24). The first-order valence-corrected chi connectivity index (χ1v) is 7.78. The van der Waals surface area contributed by atoms with Gasteiger partial charge in [0.05, 0.1) is 18.4 Å². The Morgan fingerprint density at radius 3 is 2.96 bits per heavy atom. The van der Waals surface area contributed by atoms with Crippen LogP contribution in [0.3, 0.4) is 0 Å². The number of nitrogens with one attached hydrogen (secondary N) is 2. The number of fused-ring (bicyclic) bond motifs is 2. The molecule has 0 unspecified atom stereocenters. The van der Waals surface area contributed by atoms with E-state index in [0.717, 1.165) is 27.9 Å². The molecule has 0 radical (unpaired) electrons. The van der Waals surface area contributed by atoms with E-state index >= 15 is 0 Å². The molecule has 120 valence electrons. The number of aryl methyl sites for hydroxylation is 2. The summed E-state index contributed by atoms with van der Waals surface area (Å²) < 4.78 is 1.73. The molecule has 0 aliphatic carbocycles. The molecule has 0 atom stereocenters. The zero-order valence-electron chi connectivity index (χ0n) is 13.5. The quantitative estimate of drug-likeness (QED) is 0.610. The maximum absolute atomic E-state index is 12.5. The van der Waals surface area contributed by atoms with Crippen molar-refractivity contribution in [3.8, 4) is 0 Å². The highest BCUT2D eigenvalue weighted by Crippen LogP contribution is 2.22. The molecule has 3 heterocycles. The Labute approximate surface area is 138 Å². The minimum absolute atomic E-state index is 0.104. The molecule has 3 aromatic heterocycles. The van der Waals surface area contributed by atoms with Gasteiger partial charge in [-0.1, -0.05) is 0 Å². The molecular weight excluding hydrogens is 302 g/mol. The van der Waals surface area contributed by atoms with Crippen molar-refractivity contribution >= 4 is 22.5 Å². The highest BCUT2D eigenvalue weighted by atomic mass is 16.1. The third-order valence-electron chi connectivity index (χ3n) is 4.37. The highest BCUT2D eigenvalue weighted by Gasteiger charge is 2.11. The van der Waals surface area contributed by atoms with E-state index in [-0.39, 0.29) is 5.91 Å². The van der Waals surface area contributed by atoms with Crippen LogP contribution >= 0.6 is 0 Å². The fraction of sp³-hybridized carbons (Fsp3) is 0.167. The average molecular weight is 319 g/mol. The van der Waals surface area contributed by atoms with Gasteiger partial charge >= 0.3 is 0 Å². The van der Waals surface area contributed by atoms with Gasteiger partial charge in [0.2, 0.25) is 0 Å². The van der Waals surface area contributed by atoms with Crippen LogP contribution in [0.4, 0.5) is 0 Å². The lowest BCUT2D eigenvalue weighted by Crippen LogP contribution is -2.24. The summed E-state index contributed by atoms with van der Waals surface area (Å²) in [5.41, 5.74) is 5.64. The predicted molar refractivity (Wildman–Crippen MR) is 91.9 cm³/mol. The van der Waals surface area contributed by atoms with Crippen molar-refractivity contribution in [3.05, 3.63) is 65.2 Å². The number of hydrogen-bond acceptors (Lipinski definition) is 3. The van der Waals surface area contributed by atoms with Crippen LogP contribution in [0.15, 0.2) is 42.7 Å². The molecule has 6 nitrogen and oxygen atoms in total. The molecule has 0 fully saturated rings. The lowest BCUT2D eigenvalue weighted by molar-refractivity contribution is 0.0950. The van der Waals surface area contributed by atoms with Gasteiger partial charge in [-0.2, -0.15) is 5.10 Å². The number of carbonyl (C=O) groups excluding carboxylic acids is 1. The molecule has 6 heteroatoms. The number of aromatic nitrogens is 4. The molecular formula is C18H17N5O. The second-order valence-corrected chi connectivity index (χ2v) is 5.86. The Hall–Kier alpha value is -3.15. The van der Waals surface area contributed by atoms with Crippen LogP contribution in [0.2, 0.25) is 0 Å². The van der Waals surface area contributed by atoms with Gasteiger partial charge in [-0.15, -0.1) is 0 Å². The molecule has 0 bridgehead atoms. The van der Waals surface area contributed by atoms with E-state index in [1.165, 1.54) is 5.56 Å². The number of benzene rings is 1. The van der Waals surface area contributed by atoms with Crippen molar-refractivity contribution in [2.45, 2.75) is 20.4 Å². The van der Waals surface area contributed by atoms with Gasteiger partial charge in [-0.25, -0.2) is 9.50 Å². The number of carbonyl (C=O) groups is 1. The van der Waals surface area contributed by atoms with Gasteiger partial charge in [0.15, 0.2) is 5.65 Å². The lowest BCUT2D eigenvalue weighted by atomic mass is 10.1. The lowest BCUT2D eigenvalue weighted by Gasteiger charge is -2.07. The smallest absolute Gasteiger partial charge is 0.251 e. The van der Waals surface area contributed by atoms with Crippen LogP contribution in [-0.2, 0) is 6.54 Å². The molecule has 0 spiro atoms. The van der Waals surface area contributed by atoms with E-state index in [4.69, 9.17) is 0 Å². The summed E-state index contributed by atoms with van der Waals surface area (Å²) in [6, 6.07) is 9.39. The maximum Gasteiger partial charge on any atom is 0.251 e. The van der Waals surface area contributed by atoms with Crippen LogP contribution in [-0.4, -0.2) is 25.5 Å². The van der Waals surface area contributed by atoms with Gasteiger partial charge in [-0.05, 0) is 43.7 Å². The third kappa shape index (κ3) is 2.32. The van der Waals surface area contributed by atoms with E-state index in [0.29, 0.717) is 12.1 Å². The normalized spacial score (nSPS) is 11.2. The van der Waals surface area contributed by atoms with E-state index in [1.807, 2.05) is 37.3 Å². The summed E-state index contributed by atoms with van der Waals surface area (Å²) in [7, 11) is 0. The molecule has 0 saturated carbocycles. The summed E-state index contributed by atoms with van der Waals surface area (Å²) in [5.74, 6) is -0.104. The van der Waals surface area contributed by atoms with Crippen molar-refractivity contribution in [2.24, 2.45) is 0 Å². The van der Waals surface area contributed by atoms with E-state index in [9.17, 15) is 4.79 Å². The maximum atomic E-state index is 12.5. The number of nitrogens with zero attached hydrogens (tertiary/aromatic N) is 3. The highest BCUT2D eigenvalue weighted by molar-refractivity contribution is 5.99. The third-order valence-corrected chi connectivity index (χ3v) is 4.37. The van der Waals surface area contributed by atoms with Crippen LogP contribution < -0.4 is 5.32 Å². The largest absolute Gasteiger partial charge is 0.358 e. The van der Waals surface area contributed by atoms with Crippen molar-refractivity contribution in [1.82, 2.24) is 24.9 Å². The van der Waals surface area contributed by atoms with Crippen LogP contribution in [0, 0.1) is 13.8 Å². The average Bonchev–Trinajstić information content (AvgIpc) is 3.18. The molecule has 0 aliphatic rings. The summed E-state index contributed by atoms with van der Waals surface area (Å²) in [4.78, 5) is 20.0. The molecule has 0 saturated heterocycles. The molecule has 0 aliphatic heterocycles. The molecule has 1 aromatic carbocycles. The fourth-order valence-electron chi connectivity index (χ4n) is 2.89. The van der Waals surface area contributed by atoms with Crippen LogP contribution in [0.1, 0.15) is 27.3 Å². The summed E-state index contributed by atoms with van der Waals surface area (Å²) in [6.07, 6.45) is 3.41. The number of H-pyrrole nitrogens is 1. The van der Waals surface area contributed by atoms with Crippen molar-refractivity contribution in [1.29, 1.82) is 0 Å². The second kappa shape index (κ2) is 5.49.